The number of esters is 1. The fraction of sp³-hybridized carbons (Fsp3) is 0.867. The third-order valence-corrected chi connectivity index (χ3v) is 3.89. The van der Waals surface area contributed by atoms with Crippen molar-refractivity contribution in [2.45, 2.75) is 53.9 Å². The Kier molecular flexibility index (Phi) is 5.57. The topological polar surface area (TPSA) is 55.8 Å². The van der Waals surface area contributed by atoms with E-state index >= 15 is 0 Å². The van der Waals surface area contributed by atoms with E-state index in [1.807, 2.05) is 34.6 Å². The first kappa shape index (κ1) is 17.0. The van der Waals surface area contributed by atoms with Crippen molar-refractivity contribution in [3.05, 3.63) is 0 Å². The smallest absolute Gasteiger partial charge is 0.330 e. The SMILES string of the molecule is CCOC(=O)C1(CC)CCN(OC(=O)C(C)(C)C)CC1. The Balaban J connectivity index is 2.58. The Morgan fingerprint density at radius 3 is 2.10 bits per heavy atom. The van der Waals surface area contributed by atoms with E-state index in [2.05, 4.69) is 0 Å². The van der Waals surface area contributed by atoms with Gasteiger partial charge in [0.2, 0.25) is 0 Å². The second-order valence-corrected chi connectivity index (χ2v) is 6.41. The summed E-state index contributed by atoms with van der Waals surface area (Å²) < 4.78 is 5.18. The molecule has 0 aromatic rings. The van der Waals surface area contributed by atoms with Crippen molar-refractivity contribution in [1.29, 1.82) is 0 Å². The fourth-order valence-electron chi connectivity index (χ4n) is 2.25. The highest BCUT2D eigenvalue weighted by atomic mass is 16.7. The lowest BCUT2D eigenvalue weighted by atomic mass is 9.76. The van der Waals surface area contributed by atoms with Gasteiger partial charge in [0.15, 0.2) is 0 Å². The van der Waals surface area contributed by atoms with Crippen LogP contribution in [-0.2, 0) is 19.2 Å². The summed E-state index contributed by atoms with van der Waals surface area (Å²) in [6.07, 6.45) is 2.09. The minimum Gasteiger partial charge on any atom is -0.466 e. The Bertz CT molecular complexity index is 351. The van der Waals surface area contributed by atoms with E-state index in [9.17, 15) is 9.59 Å². The molecule has 0 amide bonds. The Labute approximate surface area is 121 Å². The first-order valence-electron chi connectivity index (χ1n) is 7.40. The van der Waals surface area contributed by atoms with E-state index in [0.717, 1.165) is 6.42 Å². The highest BCUT2D eigenvalue weighted by Gasteiger charge is 2.42. The molecule has 0 bridgehead atoms. The number of piperidine rings is 1. The molecule has 1 rings (SSSR count). The summed E-state index contributed by atoms with van der Waals surface area (Å²) in [6.45, 7) is 10.9. The van der Waals surface area contributed by atoms with Crippen molar-refractivity contribution in [3.63, 3.8) is 0 Å². The lowest BCUT2D eigenvalue weighted by Crippen LogP contribution is -2.46. The van der Waals surface area contributed by atoms with E-state index in [1.54, 1.807) is 5.06 Å². The van der Waals surface area contributed by atoms with Gasteiger partial charge in [0, 0.05) is 13.1 Å². The number of nitrogens with zero attached hydrogens (tertiary/aromatic N) is 1. The van der Waals surface area contributed by atoms with Crippen LogP contribution in [0.25, 0.3) is 0 Å². The molecule has 0 spiro atoms. The van der Waals surface area contributed by atoms with Crippen molar-refractivity contribution in [1.82, 2.24) is 5.06 Å². The summed E-state index contributed by atoms with van der Waals surface area (Å²) in [5.74, 6) is -0.359. The molecule has 0 aromatic heterocycles. The van der Waals surface area contributed by atoms with Crippen LogP contribution in [0.5, 0.6) is 0 Å². The minimum absolute atomic E-state index is 0.121. The third-order valence-electron chi connectivity index (χ3n) is 3.89. The zero-order chi connectivity index (χ0) is 15.4. The van der Waals surface area contributed by atoms with Crippen LogP contribution in [0.4, 0.5) is 0 Å². The monoisotopic (exact) mass is 285 g/mol. The van der Waals surface area contributed by atoms with Gasteiger partial charge in [-0.1, -0.05) is 6.92 Å². The first-order valence-corrected chi connectivity index (χ1v) is 7.40. The van der Waals surface area contributed by atoms with Crippen LogP contribution in [0.15, 0.2) is 0 Å². The van der Waals surface area contributed by atoms with Crippen LogP contribution in [0, 0.1) is 10.8 Å². The van der Waals surface area contributed by atoms with Crippen molar-refractivity contribution < 1.29 is 19.2 Å². The van der Waals surface area contributed by atoms with Gasteiger partial charge in [0.1, 0.15) is 0 Å². The maximum atomic E-state index is 12.1. The van der Waals surface area contributed by atoms with Gasteiger partial charge >= 0.3 is 11.9 Å². The van der Waals surface area contributed by atoms with E-state index in [4.69, 9.17) is 9.57 Å². The molecule has 116 valence electrons. The van der Waals surface area contributed by atoms with Crippen molar-refractivity contribution >= 4 is 11.9 Å². The van der Waals surface area contributed by atoms with Gasteiger partial charge in [0.05, 0.1) is 17.4 Å². The zero-order valence-electron chi connectivity index (χ0n) is 13.3. The normalized spacial score (nSPS) is 19.4. The van der Waals surface area contributed by atoms with Crippen LogP contribution in [-0.4, -0.2) is 36.7 Å². The molecule has 5 heteroatoms. The molecule has 0 N–H and O–H groups in total. The van der Waals surface area contributed by atoms with E-state index in [0.29, 0.717) is 32.5 Å². The largest absolute Gasteiger partial charge is 0.466 e. The highest BCUT2D eigenvalue weighted by molar-refractivity contribution is 5.77. The molecule has 0 unspecified atom stereocenters. The second kappa shape index (κ2) is 6.57. The Morgan fingerprint density at radius 1 is 1.15 bits per heavy atom. The van der Waals surface area contributed by atoms with Gasteiger partial charge in [-0.15, -0.1) is 5.06 Å². The number of carbonyl (C=O) groups excluding carboxylic acids is 2. The fourth-order valence-corrected chi connectivity index (χ4v) is 2.25. The number of ether oxygens (including phenoxy) is 1. The summed E-state index contributed by atoms with van der Waals surface area (Å²) in [4.78, 5) is 29.3. The number of rotatable bonds is 4. The summed E-state index contributed by atoms with van der Waals surface area (Å²) in [5, 5.41) is 1.67. The summed E-state index contributed by atoms with van der Waals surface area (Å²) in [5.41, 5.74) is -0.929. The summed E-state index contributed by atoms with van der Waals surface area (Å²) in [7, 11) is 0. The van der Waals surface area contributed by atoms with Crippen LogP contribution < -0.4 is 0 Å². The molecule has 1 aliphatic heterocycles. The van der Waals surface area contributed by atoms with E-state index in [1.165, 1.54) is 0 Å². The van der Waals surface area contributed by atoms with Gasteiger partial charge < -0.3 is 9.57 Å². The van der Waals surface area contributed by atoms with Crippen LogP contribution in [0.3, 0.4) is 0 Å². The molecular weight excluding hydrogens is 258 g/mol. The highest BCUT2D eigenvalue weighted by Crippen LogP contribution is 2.36. The van der Waals surface area contributed by atoms with Crippen LogP contribution >= 0.6 is 0 Å². The van der Waals surface area contributed by atoms with Gasteiger partial charge in [0.25, 0.3) is 0 Å². The quantitative estimate of drug-likeness (QED) is 0.743. The number of hydrogen-bond acceptors (Lipinski definition) is 5. The average Bonchev–Trinajstić information content (AvgIpc) is 2.39. The van der Waals surface area contributed by atoms with Gasteiger partial charge in [-0.2, -0.15) is 0 Å². The van der Waals surface area contributed by atoms with Gasteiger partial charge in [-0.25, -0.2) is 4.79 Å². The van der Waals surface area contributed by atoms with Gasteiger partial charge in [-0.3, -0.25) is 4.79 Å². The molecule has 0 saturated carbocycles. The molecule has 0 radical (unpaired) electrons. The molecular formula is C15H27NO4. The van der Waals surface area contributed by atoms with Crippen molar-refractivity contribution in [3.8, 4) is 0 Å². The summed E-state index contributed by atoms with van der Waals surface area (Å²) >= 11 is 0. The predicted octanol–water partition coefficient (Wildman–Crippen LogP) is 2.55. The maximum Gasteiger partial charge on any atom is 0.330 e. The maximum absolute atomic E-state index is 12.1. The summed E-state index contributed by atoms with van der Waals surface area (Å²) in [6, 6.07) is 0. The lowest BCUT2D eigenvalue weighted by Gasteiger charge is -2.38. The predicted molar refractivity (Wildman–Crippen MR) is 75.7 cm³/mol. The standard InChI is InChI=1S/C15H27NO4/c1-6-15(13(18)19-7-2)8-10-16(11-9-15)20-12(17)14(3,4)5/h6-11H2,1-5H3. The molecule has 20 heavy (non-hydrogen) atoms. The Hall–Kier alpha value is -1.10. The molecule has 0 aromatic carbocycles. The minimum atomic E-state index is -0.513. The lowest BCUT2D eigenvalue weighted by molar-refractivity contribution is -0.211. The number of hydroxylamine groups is 2. The van der Waals surface area contributed by atoms with Crippen LogP contribution in [0.1, 0.15) is 53.9 Å². The van der Waals surface area contributed by atoms with E-state index in [-0.39, 0.29) is 11.9 Å². The van der Waals surface area contributed by atoms with Crippen molar-refractivity contribution in [2.24, 2.45) is 10.8 Å². The molecule has 1 aliphatic rings. The molecule has 0 aliphatic carbocycles. The molecule has 5 nitrogen and oxygen atoms in total. The van der Waals surface area contributed by atoms with E-state index < -0.39 is 10.8 Å². The van der Waals surface area contributed by atoms with Gasteiger partial charge in [-0.05, 0) is 47.0 Å². The first-order chi connectivity index (χ1) is 9.25. The molecule has 0 atom stereocenters. The average molecular weight is 285 g/mol. The zero-order valence-corrected chi connectivity index (χ0v) is 13.3. The van der Waals surface area contributed by atoms with Crippen LogP contribution in [0.2, 0.25) is 0 Å². The second-order valence-electron chi connectivity index (χ2n) is 6.41. The van der Waals surface area contributed by atoms with Crippen molar-refractivity contribution in [2.75, 3.05) is 19.7 Å². The number of hydrogen-bond donors (Lipinski definition) is 0. The molecule has 1 fully saturated rings. The molecule has 1 saturated heterocycles. The number of carbonyl (C=O) groups is 2. The molecule has 1 heterocycles. The Morgan fingerprint density at radius 2 is 1.70 bits per heavy atom. The third kappa shape index (κ3) is 3.95.